The van der Waals surface area contributed by atoms with Crippen molar-refractivity contribution >= 4 is 31.9 Å². The van der Waals surface area contributed by atoms with Crippen LogP contribution in [0, 0.1) is 5.82 Å². The molecule has 0 unspecified atom stereocenters. The summed E-state index contributed by atoms with van der Waals surface area (Å²) in [6.45, 7) is 0.383. The van der Waals surface area contributed by atoms with Crippen molar-refractivity contribution in [3.8, 4) is 5.75 Å². The second-order valence-corrected chi connectivity index (χ2v) is 5.07. The maximum absolute atomic E-state index is 13.0. The van der Waals surface area contributed by atoms with E-state index in [1.165, 1.54) is 6.07 Å². The van der Waals surface area contributed by atoms with Crippen LogP contribution < -0.4 is 4.74 Å². The van der Waals surface area contributed by atoms with E-state index in [9.17, 15) is 4.39 Å². The average Bonchev–Trinajstić information content (AvgIpc) is 2.41. The number of hydrogen-bond donors (Lipinski definition) is 0. The lowest BCUT2D eigenvalue weighted by Crippen LogP contribution is -1.97. The van der Waals surface area contributed by atoms with Crippen molar-refractivity contribution in [3.63, 3.8) is 0 Å². The van der Waals surface area contributed by atoms with Crippen molar-refractivity contribution in [3.05, 3.63) is 58.1 Å². The van der Waals surface area contributed by atoms with Crippen LogP contribution in [0.4, 0.5) is 4.39 Å². The summed E-state index contributed by atoms with van der Waals surface area (Å²) in [7, 11) is 0. The maximum atomic E-state index is 13.0. The molecule has 1 aromatic heterocycles. The first-order valence-corrected chi connectivity index (χ1v) is 7.18. The molecule has 0 N–H and O–H groups in total. The molecule has 0 bridgehead atoms. The minimum absolute atomic E-state index is 0.276. The molecule has 0 saturated heterocycles. The Labute approximate surface area is 121 Å². The summed E-state index contributed by atoms with van der Waals surface area (Å²) >= 11 is 6.47. The maximum Gasteiger partial charge on any atom is 0.138 e. The minimum Gasteiger partial charge on any atom is -0.487 e. The highest BCUT2D eigenvalue weighted by molar-refractivity contribution is 9.10. The largest absolute Gasteiger partial charge is 0.487 e. The Hall–Kier alpha value is -0.940. The van der Waals surface area contributed by atoms with Crippen LogP contribution in [0.2, 0.25) is 0 Å². The predicted octanol–water partition coefficient (Wildman–Crippen LogP) is 4.46. The van der Waals surface area contributed by atoms with E-state index in [0.717, 1.165) is 16.6 Å². The molecule has 0 aliphatic rings. The van der Waals surface area contributed by atoms with Gasteiger partial charge < -0.3 is 4.74 Å². The molecule has 0 radical (unpaired) electrons. The Bertz CT molecular complexity index is 531. The fourth-order valence-electron chi connectivity index (χ4n) is 1.37. The zero-order valence-electron chi connectivity index (χ0n) is 9.37. The van der Waals surface area contributed by atoms with Gasteiger partial charge in [-0.2, -0.15) is 0 Å². The third-order valence-electron chi connectivity index (χ3n) is 2.32. The molecular formula is C13H10Br2FNO. The fourth-order valence-corrected chi connectivity index (χ4v) is 2.13. The van der Waals surface area contributed by atoms with E-state index in [-0.39, 0.29) is 5.82 Å². The topological polar surface area (TPSA) is 22.1 Å². The molecule has 0 saturated carbocycles. The number of benzene rings is 1. The summed E-state index contributed by atoms with van der Waals surface area (Å²) in [5, 5.41) is 0.720. The number of ether oxygens (including phenoxy) is 1. The summed E-state index contributed by atoms with van der Waals surface area (Å²) in [4.78, 5) is 4.20. The van der Waals surface area contributed by atoms with Gasteiger partial charge in [-0.25, -0.2) is 4.39 Å². The number of alkyl halides is 1. The molecule has 2 nitrogen and oxygen atoms in total. The molecule has 5 heteroatoms. The van der Waals surface area contributed by atoms with Crippen LogP contribution in [0.15, 0.2) is 41.0 Å². The third-order valence-corrected chi connectivity index (χ3v) is 3.51. The molecule has 18 heavy (non-hydrogen) atoms. The highest BCUT2D eigenvalue weighted by atomic mass is 79.9. The fraction of sp³-hybridized carbons (Fsp3) is 0.154. The first-order chi connectivity index (χ1) is 8.69. The Morgan fingerprint density at radius 3 is 2.67 bits per heavy atom. The van der Waals surface area contributed by atoms with Gasteiger partial charge >= 0.3 is 0 Å². The molecule has 2 rings (SSSR count). The van der Waals surface area contributed by atoms with Gasteiger partial charge in [-0.3, -0.25) is 4.98 Å². The van der Waals surface area contributed by atoms with E-state index >= 15 is 0 Å². The number of hydrogen-bond acceptors (Lipinski definition) is 2. The highest BCUT2D eigenvalue weighted by Crippen LogP contribution is 2.18. The van der Waals surface area contributed by atoms with Crippen LogP contribution in [-0.4, -0.2) is 4.98 Å². The van der Waals surface area contributed by atoms with E-state index in [2.05, 4.69) is 36.8 Å². The Morgan fingerprint density at radius 1 is 1.22 bits per heavy atom. The summed E-state index contributed by atoms with van der Waals surface area (Å²) in [5.74, 6) is 0.419. The van der Waals surface area contributed by atoms with E-state index in [1.54, 1.807) is 18.3 Å². The first-order valence-electron chi connectivity index (χ1n) is 5.26. The SMILES string of the molecule is Fc1ccc(COc2ccc(CBr)nc2)cc1Br. The average molecular weight is 375 g/mol. The van der Waals surface area contributed by atoms with Crippen LogP contribution in [0.25, 0.3) is 0 Å². The molecule has 0 fully saturated rings. The molecule has 0 spiro atoms. The second-order valence-electron chi connectivity index (χ2n) is 3.66. The Balaban J connectivity index is 1.99. The van der Waals surface area contributed by atoms with Crippen LogP contribution in [0.1, 0.15) is 11.3 Å². The van der Waals surface area contributed by atoms with Crippen molar-refractivity contribution in [2.24, 2.45) is 0 Å². The van der Waals surface area contributed by atoms with Gasteiger partial charge in [0.1, 0.15) is 18.2 Å². The minimum atomic E-state index is -0.276. The summed E-state index contributed by atoms with van der Waals surface area (Å²) < 4.78 is 19.0. The van der Waals surface area contributed by atoms with Gasteiger partial charge in [0.05, 0.1) is 16.4 Å². The van der Waals surface area contributed by atoms with E-state index in [1.807, 2.05) is 12.1 Å². The van der Waals surface area contributed by atoms with Crippen molar-refractivity contribution in [2.75, 3.05) is 0 Å². The first kappa shape index (κ1) is 13.5. The summed E-state index contributed by atoms with van der Waals surface area (Å²) in [6, 6.07) is 8.57. The number of rotatable bonds is 4. The van der Waals surface area contributed by atoms with Crippen molar-refractivity contribution in [1.82, 2.24) is 4.98 Å². The van der Waals surface area contributed by atoms with Gasteiger partial charge in [-0.1, -0.05) is 22.0 Å². The quantitative estimate of drug-likeness (QED) is 0.737. The third kappa shape index (κ3) is 3.53. The standard InChI is InChI=1S/C13H10Br2FNO/c14-6-10-2-3-11(7-17-10)18-8-9-1-4-13(16)12(15)5-9/h1-5,7H,6,8H2. The van der Waals surface area contributed by atoms with Gasteiger partial charge in [-0.05, 0) is 45.8 Å². The molecular weight excluding hydrogens is 365 g/mol. The Morgan fingerprint density at radius 2 is 2.06 bits per heavy atom. The van der Waals surface area contributed by atoms with Gasteiger partial charge in [0.15, 0.2) is 0 Å². The smallest absolute Gasteiger partial charge is 0.138 e. The lowest BCUT2D eigenvalue weighted by molar-refractivity contribution is 0.304. The molecule has 0 atom stereocenters. The number of halogens is 3. The van der Waals surface area contributed by atoms with Gasteiger partial charge in [0.25, 0.3) is 0 Å². The van der Waals surface area contributed by atoms with E-state index < -0.39 is 0 Å². The molecule has 1 heterocycles. The van der Waals surface area contributed by atoms with Crippen molar-refractivity contribution < 1.29 is 9.13 Å². The van der Waals surface area contributed by atoms with Gasteiger partial charge in [0.2, 0.25) is 0 Å². The normalized spacial score (nSPS) is 10.4. The molecule has 0 aliphatic heterocycles. The number of aromatic nitrogens is 1. The van der Waals surface area contributed by atoms with Crippen LogP contribution in [0.5, 0.6) is 5.75 Å². The van der Waals surface area contributed by atoms with Gasteiger partial charge in [0, 0.05) is 5.33 Å². The van der Waals surface area contributed by atoms with Crippen molar-refractivity contribution in [2.45, 2.75) is 11.9 Å². The lowest BCUT2D eigenvalue weighted by Gasteiger charge is -2.07. The summed E-state index contributed by atoms with van der Waals surface area (Å²) in [6.07, 6.45) is 1.68. The predicted molar refractivity (Wildman–Crippen MR) is 75.3 cm³/mol. The van der Waals surface area contributed by atoms with Crippen LogP contribution >= 0.6 is 31.9 Å². The van der Waals surface area contributed by atoms with Gasteiger partial charge in [-0.15, -0.1) is 0 Å². The highest BCUT2D eigenvalue weighted by Gasteiger charge is 2.02. The Kier molecular flexibility index (Phi) is 4.72. The zero-order valence-corrected chi connectivity index (χ0v) is 12.5. The molecule has 0 aliphatic carbocycles. The zero-order chi connectivity index (χ0) is 13.0. The summed E-state index contributed by atoms with van der Waals surface area (Å²) in [5.41, 5.74) is 1.85. The molecule has 2 aromatic rings. The van der Waals surface area contributed by atoms with Crippen molar-refractivity contribution in [1.29, 1.82) is 0 Å². The second kappa shape index (κ2) is 6.29. The van der Waals surface area contributed by atoms with Crippen LogP contribution in [-0.2, 0) is 11.9 Å². The molecule has 1 aromatic carbocycles. The monoisotopic (exact) mass is 373 g/mol. The van der Waals surface area contributed by atoms with E-state index in [0.29, 0.717) is 16.8 Å². The number of nitrogens with zero attached hydrogens (tertiary/aromatic N) is 1. The van der Waals surface area contributed by atoms with E-state index in [4.69, 9.17) is 4.74 Å². The molecule has 0 amide bonds. The lowest BCUT2D eigenvalue weighted by atomic mass is 10.2. The number of pyridine rings is 1. The van der Waals surface area contributed by atoms with Crippen LogP contribution in [0.3, 0.4) is 0 Å². The molecule has 94 valence electrons.